The number of hydrogen-bond acceptors (Lipinski definition) is 3. The van der Waals surface area contributed by atoms with E-state index in [4.69, 9.17) is 4.74 Å². The van der Waals surface area contributed by atoms with Gasteiger partial charge in [0.1, 0.15) is 12.4 Å². The Bertz CT molecular complexity index is 1040. The third-order valence-electron chi connectivity index (χ3n) is 5.33. The average molecular weight is 400 g/mol. The summed E-state index contributed by atoms with van der Waals surface area (Å²) in [5.74, 6) is 0.469. The Morgan fingerprint density at radius 1 is 0.900 bits per heavy atom. The van der Waals surface area contributed by atoms with Crippen LogP contribution in [0.2, 0.25) is 0 Å². The highest BCUT2D eigenvalue weighted by molar-refractivity contribution is 6.07. The van der Waals surface area contributed by atoms with Crippen LogP contribution < -0.4 is 10.1 Å². The number of hydrogen-bond donors (Lipinski definition) is 1. The van der Waals surface area contributed by atoms with Crippen molar-refractivity contribution in [3.63, 3.8) is 0 Å². The van der Waals surface area contributed by atoms with Crippen LogP contribution >= 0.6 is 0 Å². The molecule has 0 bridgehead atoms. The second-order valence-corrected chi connectivity index (χ2v) is 7.49. The Labute approximate surface area is 176 Å². The predicted octanol–water partition coefficient (Wildman–Crippen LogP) is 4.06. The monoisotopic (exact) mass is 400 g/mol. The minimum absolute atomic E-state index is 0.183. The van der Waals surface area contributed by atoms with Crippen molar-refractivity contribution in [2.24, 2.45) is 0 Å². The molecule has 5 nitrogen and oxygen atoms in total. The van der Waals surface area contributed by atoms with Crippen LogP contribution in [-0.4, -0.2) is 30.0 Å². The number of urea groups is 1. The number of ether oxygens (including phenoxy) is 1. The molecule has 1 unspecified atom stereocenters. The molecule has 3 aromatic rings. The van der Waals surface area contributed by atoms with Crippen LogP contribution in [0, 0.1) is 6.92 Å². The molecule has 1 saturated heterocycles. The zero-order valence-corrected chi connectivity index (χ0v) is 16.9. The summed E-state index contributed by atoms with van der Waals surface area (Å²) < 4.78 is 5.76. The van der Waals surface area contributed by atoms with E-state index in [1.807, 2.05) is 91.9 Å². The van der Waals surface area contributed by atoms with E-state index < -0.39 is 11.6 Å². The first kappa shape index (κ1) is 19.7. The van der Waals surface area contributed by atoms with E-state index in [0.29, 0.717) is 6.42 Å². The largest absolute Gasteiger partial charge is 0.492 e. The lowest BCUT2D eigenvalue weighted by Crippen LogP contribution is -2.46. The average Bonchev–Trinajstić information content (AvgIpc) is 3.00. The normalized spacial score (nSPS) is 18.4. The summed E-state index contributed by atoms with van der Waals surface area (Å²) in [6, 6.07) is 26.5. The van der Waals surface area contributed by atoms with Gasteiger partial charge in [-0.25, -0.2) is 4.79 Å². The number of nitrogens with zero attached hydrogens (tertiary/aromatic N) is 1. The molecule has 0 radical (unpaired) electrons. The second kappa shape index (κ2) is 8.41. The molecule has 0 saturated carbocycles. The highest BCUT2D eigenvalue weighted by Gasteiger charge is 2.52. The first-order valence-corrected chi connectivity index (χ1v) is 10.0. The highest BCUT2D eigenvalue weighted by atomic mass is 16.5. The number of rotatable bonds is 7. The summed E-state index contributed by atoms with van der Waals surface area (Å²) in [4.78, 5) is 27.6. The van der Waals surface area contributed by atoms with Gasteiger partial charge < -0.3 is 10.1 Å². The highest BCUT2D eigenvalue weighted by Crippen LogP contribution is 2.33. The maximum absolute atomic E-state index is 13.5. The smallest absolute Gasteiger partial charge is 0.325 e. The van der Waals surface area contributed by atoms with E-state index in [9.17, 15) is 9.59 Å². The van der Waals surface area contributed by atoms with Gasteiger partial charge in [-0.1, -0.05) is 72.8 Å². The van der Waals surface area contributed by atoms with Gasteiger partial charge in [0.25, 0.3) is 5.91 Å². The van der Waals surface area contributed by atoms with Crippen LogP contribution in [0.1, 0.15) is 16.7 Å². The first-order chi connectivity index (χ1) is 14.6. The van der Waals surface area contributed by atoms with Crippen LogP contribution in [-0.2, 0) is 16.8 Å². The maximum Gasteiger partial charge on any atom is 0.325 e. The van der Waals surface area contributed by atoms with E-state index in [2.05, 4.69) is 5.32 Å². The summed E-state index contributed by atoms with van der Waals surface area (Å²) in [6.07, 6.45) is 0.387. The van der Waals surface area contributed by atoms with E-state index in [-0.39, 0.29) is 19.1 Å². The Balaban J connectivity index is 1.56. The number of carbonyl (C=O) groups excluding carboxylic acids is 2. The van der Waals surface area contributed by atoms with E-state index in [1.165, 1.54) is 4.90 Å². The molecule has 5 heteroatoms. The van der Waals surface area contributed by atoms with Crippen LogP contribution in [0.3, 0.4) is 0 Å². The minimum Gasteiger partial charge on any atom is -0.492 e. The molecule has 152 valence electrons. The number of amides is 3. The zero-order chi connectivity index (χ0) is 21.0. The van der Waals surface area contributed by atoms with Crippen molar-refractivity contribution in [2.45, 2.75) is 18.9 Å². The van der Waals surface area contributed by atoms with Crippen LogP contribution in [0.25, 0.3) is 0 Å². The number of aryl methyl sites for hydroxylation is 1. The van der Waals surface area contributed by atoms with Crippen molar-refractivity contribution in [3.05, 3.63) is 102 Å². The molecule has 30 heavy (non-hydrogen) atoms. The molecule has 1 heterocycles. The lowest BCUT2D eigenvalue weighted by atomic mass is 9.83. The van der Waals surface area contributed by atoms with Gasteiger partial charge in [-0.05, 0) is 35.7 Å². The molecule has 0 spiro atoms. The molecule has 1 atom stereocenters. The third-order valence-corrected chi connectivity index (χ3v) is 5.33. The summed E-state index contributed by atoms with van der Waals surface area (Å²) in [6.45, 7) is 2.41. The summed E-state index contributed by atoms with van der Waals surface area (Å²) in [5, 5.41) is 2.97. The van der Waals surface area contributed by atoms with E-state index in [1.54, 1.807) is 0 Å². The van der Waals surface area contributed by atoms with Gasteiger partial charge in [-0.15, -0.1) is 0 Å². The lowest BCUT2D eigenvalue weighted by molar-refractivity contribution is -0.131. The van der Waals surface area contributed by atoms with E-state index in [0.717, 1.165) is 22.4 Å². The van der Waals surface area contributed by atoms with Crippen molar-refractivity contribution in [1.82, 2.24) is 10.2 Å². The molecule has 3 amide bonds. The fraction of sp³-hybridized carbons (Fsp3) is 0.200. The van der Waals surface area contributed by atoms with Crippen molar-refractivity contribution in [3.8, 4) is 5.75 Å². The second-order valence-electron chi connectivity index (χ2n) is 7.49. The fourth-order valence-corrected chi connectivity index (χ4v) is 3.83. The van der Waals surface area contributed by atoms with Gasteiger partial charge in [0, 0.05) is 6.42 Å². The fourth-order valence-electron chi connectivity index (χ4n) is 3.83. The van der Waals surface area contributed by atoms with Gasteiger partial charge in [0.15, 0.2) is 5.54 Å². The molecular weight excluding hydrogens is 376 g/mol. The van der Waals surface area contributed by atoms with Crippen LogP contribution in [0.5, 0.6) is 5.75 Å². The molecule has 0 aromatic heterocycles. The molecule has 4 rings (SSSR count). The molecule has 1 fully saturated rings. The third kappa shape index (κ3) is 3.92. The standard InChI is InChI=1S/C25H24N2O3/c1-19-9-8-14-22(17-19)30-16-15-27-23(28)25(26-24(27)29,21-12-6-3-7-13-21)18-20-10-4-2-5-11-20/h2-14,17H,15-16,18H2,1H3,(H,26,29). The topological polar surface area (TPSA) is 58.6 Å². The van der Waals surface area contributed by atoms with Crippen molar-refractivity contribution >= 4 is 11.9 Å². The SMILES string of the molecule is Cc1cccc(OCCN2C(=O)NC(Cc3ccccc3)(c3ccccc3)C2=O)c1. The Morgan fingerprint density at radius 2 is 1.60 bits per heavy atom. The Morgan fingerprint density at radius 3 is 2.30 bits per heavy atom. The maximum atomic E-state index is 13.5. The number of imide groups is 1. The van der Waals surface area contributed by atoms with Crippen molar-refractivity contribution in [2.75, 3.05) is 13.2 Å². The number of benzene rings is 3. The van der Waals surface area contributed by atoms with Gasteiger partial charge >= 0.3 is 6.03 Å². The molecule has 1 aliphatic rings. The van der Waals surface area contributed by atoms with Crippen LogP contribution in [0.15, 0.2) is 84.9 Å². The summed E-state index contributed by atoms with van der Waals surface area (Å²) in [5.41, 5.74) is 1.72. The Kier molecular flexibility index (Phi) is 5.53. The zero-order valence-electron chi connectivity index (χ0n) is 16.9. The molecule has 1 N–H and O–H groups in total. The summed E-state index contributed by atoms with van der Waals surface area (Å²) >= 11 is 0. The van der Waals surface area contributed by atoms with Crippen LogP contribution in [0.4, 0.5) is 4.79 Å². The van der Waals surface area contributed by atoms with Gasteiger partial charge in [0.05, 0.1) is 6.54 Å². The van der Waals surface area contributed by atoms with Gasteiger partial charge in [-0.2, -0.15) is 0 Å². The number of carbonyl (C=O) groups is 2. The van der Waals surface area contributed by atoms with Crippen molar-refractivity contribution < 1.29 is 14.3 Å². The number of nitrogens with one attached hydrogen (secondary N) is 1. The van der Waals surface area contributed by atoms with E-state index >= 15 is 0 Å². The van der Waals surface area contributed by atoms with Gasteiger partial charge in [-0.3, -0.25) is 9.69 Å². The molecular formula is C25H24N2O3. The predicted molar refractivity (Wildman–Crippen MR) is 115 cm³/mol. The Hall–Kier alpha value is -3.60. The first-order valence-electron chi connectivity index (χ1n) is 10.0. The molecule has 3 aromatic carbocycles. The van der Waals surface area contributed by atoms with Gasteiger partial charge in [0.2, 0.25) is 0 Å². The summed E-state index contributed by atoms with van der Waals surface area (Å²) in [7, 11) is 0. The minimum atomic E-state index is -1.12. The lowest BCUT2D eigenvalue weighted by Gasteiger charge is -2.27. The molecule has 0 aliphatic carbocycles. The molecule has 1 aliphatic heterocycles. The quantitative estimate of drug-likeness (QED) is 0.609. The van der Waals surface area contributed by atoms with Crippen molar-refractivity contribution in [1.29, 1.82) is 0 Å².